The Kier molecular flexibility index (Phi) is 2.95. The molecule has 0 aromatic heterocycles. The third-order valence-electron chi connectivity index (χ3n) is 2.66. The zero-order valence-corrected chi connectivity index (χ0v) is 8.46. The highest BCUT2D eigenvalue weighted by Gasteiger charge is 2.41. The number of rotatable bonds is 1. The second kappa shape index (κ2) is 3.83. The minimum Gasteiger partial charge on any atom is -0.359 e. The van der Waals surface area contributed by atoms with Gasteiger partial charge in [0.25, 0.3) is 0 Å². The van der Waals surface area contributed by atoms with Crippen LogP contribution in [0.3, 0.4) is 0 Å². The molecule has 0 bridgehead atoms. The van der Waals surface area contributed by atoms with Gasteiger partial charge in [0, 0.05) is 20.1 Å². The number of urea groups is 1. The number of carbonyl (C=O) groups is 2. The molecule has 4 N–H and O–H groups in total. The molecule has 6 heteroatoms. The Labute approximate surface area is 82.8 Å². The van der Waals surface area contributed by atoms with Crippen molar-refractivity contribution in [3.8, 4) is 0 Å². The summed E-state index contributed by atoms with van der Waals surface area (Å²) in [6, 6.07) is -0.336. The highest BCUT2D eigenvalue weighted by molar-refractivity contribution is 5.84. The van der Waals surface area contributed by atoms with Crippen molar-refractivity contribution < 1.29 is 9.59 Å². The number of amides is 3. The van der Waals surface area contributed by atoms with Crippen molar-refractivity contribution in [2.45, 2.75) is 13.3 Å². The second-order valence-corrected chi connectivity index (χ2v) is 3.76. The summed E-state index contributed by atoms with van der Waals surface area (Å²) in [5, 5.41) is 2.60. The van der Waals surface area contributed by atoms with Gasteiger partial charge in [0.2, 0.25) is 5.91 Å². The Morgan fingerprint density at radius 3 is 2.64 bits per heavy atom. The molecule has 1 rings (SSSR count). The van der Waals surface area contributed by atoms with Crippen LogP contribution in [-0.2, 0) is 4.79 Å². The minimum atomic E-state index is -0.485. The molecule has 0 spiro atoms. The monoisotopic (exact) mass is 200 g/mol. The molecule has 1 aliphatic heterocycles. The van der Waals surface area contributed by atoms with Crippen molar-refractivity contribution in [1.29, 1.82) is 0 Å². The number of hydrogen-bond acceptors (Lipinski definition) is 3. The molecule has 1 fully saturated rings. The van der Waals surface area contributed by atoms with E-state index in [0.717, 1.165) is 0 Å². The molecule has 1 unspecified atom stereocenters. The Bertz CT molecular complexity index is 256. The molecule has 1 saturated heterocycles. The lowest BCUT2D eigenvalue weighted by Crippen LogP contribution is -2.45. The molecular weight excluding hydrogens is 184 g/mol. The Hall–Kier alpha value is -1.30. The van der Waals surface area contributed by atoms with Crippen LogP contribution in [0.4, 0.5) is 4.79 Å². The van der Waals surface area contributed by atoms with Crippen molar-refractivity contribution >= 4 is 11.9 Å². The first-order chi connectivity index (χ1) is 6.53. The van der Waals surface area contributed by atoms with Crippen LogP contribution in [0.1, 0.15) is 13.3 Å². The van der Waals surface area contributed by atoms with E-state index in [1.165, 1.54) is 4.90 Å². The van der Waals surface area contributed by atoms with E-state index in [4.69, 9.17) is 5.84 Å². The van der Waals surface area contributed by atoms with Gasteiger partial charge in [-0.2, -0.15) is 0 Å². The molecular formula is C8H16N4O2. The molecule has 6 nitrogen and oxygen atoms in total. The fourth-order valence-corrected chi connectivity index (χ4v) is 1.71. The maximum absolute atomic E-state index is 11.5. The highest BCUT2D eigenvalue weighted by Crippen LogP contribution is 2.29. The van der Waals surface area contributed by atoms with Gasteiger partial charge in [-0.3, -0.25) is 10.2 Å². The van der Waals surface area contributed by atoms with Gasteiger partial charge in [-0.25, -0.2) is 10.6 Å². The van der Waals surface area contributed by atoms with Crippen molar-refractivity contribution in [1.82, 2.24) is 15.6 Å². The van der Waals surface area contributed by atoms with Crippen LogP contribution in [-0.4, -0.2) is 37.0 Å². The summed E-state index contributed by atoms with van der Waals surface area (Å²) in [7, 11) is 1.60. The Balaban J connectivity index is 2.64. The van der Waals surface area contributed by atoms with Crippen LogP contribution in [0.5, 0.6) is 0 Å². The Morgan fingerprint density at radius 2 is 2.14 bits per heavy atom. The van der Waals surface area contributed by atoms with Crippen molar-refractivity contribution in [2.24, 2.45) is 11.3 Å². The van der Waals surface area contributed by atoms with Gasteiger partial charge >= 0.3 is 6.03 Å². The number of nitrogens with two attached hydrogens (primary N) is 1. The normalized spacial score (nSPS) is 26.1. The SMILES string of the molecule is CNC(=O)C1(C)CCN(C(=O)NN)C1. The van der Waals surface area contributed by atoms with E-state index >= 15 is 0 Å². The maximum atomic E-state index is 11.5. The summed E-state index contributed by atoms with van der Waals surface area (Å²) in [6.07, 6.45) is 0.667. The van der Waals surface area contributed by atoms with E-state index < -0.39 is 5.41 Å². The number of hydrazine groups is 1. The smallest absolute Gasteiger partial charge is 0.331 e. The van der Waals surface area contributed by atoms with Gasteiger partial charge in [0.15, 0.2) is 0 Å². The average Bonchev–Trinajstić information content (AvgIpc) is 2.60. The lowest BCUT2D eigenvalue weighted by atomic mass is 9.89. The molecule has 0 radical (unpaired) electrons. The van der Waals surface area contributed by atoms with Crippen molar-refractivity contribution in [2.75, 3.05) is 20.1 Å². The molecule has 1 atom stereocenters. The first-order valence-corrected chi connectivity index (χ1v) is 4.51. The third kappa shape index (κ3) is 1.79. The van der Waals surface area contributed by atoms with E-state index in [9.17, 15) is 9.59 Å². The summed E-state index contributed by atoms with van der Waals surface area (Å²) in [6.45, 7) is 2.82. The molecule has 0 aromatic carbocycles. The molecule has 80 valence electrons. The largest absolute Gasteiger partial charge is 0.359 e. The molecule has 0 aliphatic carbocycles. The maximum Gasteiger partial charge on any atom is 0.331 e. The first kappa shape index (κ1) is 10.8. The van der Waals surface area contributed by atoms with E-state index in [2.05, 4.69) is 10.7 Å². The molecule has 1 aliphatic rings. The summed E-state index contributed by atoms with van der Waals surface area (Å²) in [5.74, 6) is 4.97. The lowest BCUT2D eigenvalue weighted by molar-refractivity contribution is -0.128. The van der Waals surface area contributed by atoms with E-state index in [-0.39, 0.29) is 11.9 Å². The van der Waals surface area contributed by atoms with Crippen molar-refractivity contribution in [3.05, 3.63) is 0 Å². The van der Waals surface area contributed by atoms with Gasteiger partial charge in [-0.15, -0.1) is 0 Å². The zero-order chi connectivity index (χ0) is 10.8. The summed E-state index contributed by atoms with van der Waals surface area (Å²) in [4.78, 5) is 24.2. The summed E-state index contributed by atoms with van der Waals surface area (Å²) in [5.41, 5.74) is 1.57. The quantitative estimate of drug-likeness (QED) is 0.289. The van der Waals surface area contributed by atoms with Gasteiger partial charge in [-0.05, 0) is 13.3 Å². The number of hydrogen-bond donors (Lipinski definition) is 3. The van der Waals surface area contributed by atoms with E-state index in [1.807, 2.05) is 6.92 Å². The van der Waals surface area contributed by atoms with Gasteiger partial charge in [0.05, 0.1) is 5.41 Å². The third-order valence-corrected chi connectivity index (χ3v) is 2.66. The van der Waals surface area contributed by atoms with E-state index in [0.29, 0.717) is 19.5 Å². The van der Waals surface area contributed by atoms with Gasteiger partial charge < -0.3 is 10.2 Å². The van der Waals surface area contributed by atoms with Crippen LogP contribution in [0.2, 0.25) is 0 Å². The fourth-order valence-electron chi connectivity index (χ4n) is 1.71. The van der Waals surface area contributed by atoms with Crippen LogP contribution in [0, 0.1) is 5.41 Å². The molecule has 14 heavy (non-hydrogen) atoms. The topological polar surface area (TPSA) is 87.5 Å². The highest BCUT2D eigenvalue weighted by atomic mass is 16.2. The van der Waals surface area contributed by atoms with Crippen LogP contribution < -0.4 is 16.6 Å². The van der Waals surface area contributed by atoms with Crippen LogP contribution in [0.15, 0.2) is 0 Å². The molecule has 0 aromatic rings. The van der Waals surface area contributed by atoms with Crippen molar-refractivity contribution in [3.63, 3.8) is 0 Å². The number of nitrogens with one attached hydrogen (secondary N) is 2. The zero-order valence-electron chi connectivity index (χ0n) is 8.46. The summed E-state index contributed by atoms with van der Waals surface area (Å²) >= 11 is 0. The lowest BCUT2D eigenvalue weighted by Gasteiger charge is -2.22. The fraction of sp³-hybridized carbons (Fsp3) is 0.750. The standard InChI is InChI=1S/C8H16N4O2/c1-8(6(13)10-2)3-4-12(5-8)7(14)11-9/h3-5,9H2,1-2H3,(H,10,13)(H,11,14). The van der Waals surface area contributed by atoms with Crippen LogP contribution >= 0.6 is 0 Å². The van der Waals surface area contributed by atoms with Crippen LogP contribution in [0.25, 0.3) is 0 Å². The average molecular weight is 200 g/mol. The van der Waals surface area contributed by atoms with Gasteiger partial charge in [-0.1, -0.05) is 0 Å². The Morgan fingerprint density at radius 1 is 1.50 bits per heavy atom. The number of likely N-dealkylation sites (tertiary alicyclic amines) is 1. The summed E-state index contributed by atoms with van der Waals surface area (Å²) < 4.78 is 0. The molecule has 1 heterocycles. The minimum absolute atomic E-state index is 0.0372. The number of nitrogens with zero attached hydrogens (tertiary/aromatic N) is 1. The molecule has 0 saturated carbocycles. The van der Waals surface area contributed by atoms with E-state index in [1.54, 1.807) is 7.05 Å². The number of carbonyl (C=O) groups excluding carboxylic acids is 2. The molecule has 3 amide bonds. The van der Waals surface area contributed by atoms with Gasteiger partial charge in [0.1, 0.15) is 0 Å². The predicted octanol–water partition coefficient (Wildman–Crippen LogP) is -0.972. The predicted molar refractivity (Wildman–Crippen MR) is 51.1 cm³/mol. The second-order valence-electron chi connectivity index (χ2n) is 3.76. The first-order valence-electron chi connectivity index (χ1n) is 4.51.